The molecule has 0 aliphatic heterocycles. The smallest absolute Gasteiger partial charge is 0.282 e. The van der Waals surface area contributed by atoms with Gasteiger partial charge in [-0.05, 0) is 24.3 Å². The molecule has 0 spiro atoms. The van der Waals surface area contributed by atoms with Crippen LogP contribution in [-0.4, -0.2) is 16.1 Å². The van der Waals surface area contributed by atoms with Crippen LogP contribution in [0.15, 0.2) is 34.4 Å². The fraction of sp³-hybridized carbons (Fsp3) is 0. The number of aldehydes is 1. The molecule has 0 amide bonds. The average Bonchev–Trinajstić information content (AvgIpc) is 2.83. The summed E-state index contributed by atoms with van der Waals surface area (Å²) in [7, 11) is 0. The van der Waals surface area contributed by atoms with Gasteiger partial charge in [0.05, 0.1) is 16.1 Å². The van der Waals surface area contributed by atoms with Crippen LogP contribution in [0.4, 0.5) is 5.00 Å². The van der Waals surface area contributed by atoms with Crippen LogP contribution in [0, 0.1) is 0 Å². The quantitative estimate of drug-likeness (QED) is 0.738. The molecular weight excluding hydrogens is 298 g/mol. The predicted octanol–water partition coefficient (Wildman–Crippen LogP) is 2.50. The van der Waals surface area contributed by atoms with Gasteiger partial charge in [0, 0.05) is 15.8 Å². The summed E-state index contributed by atoms with van der Waals surface area (Å²) in [6.45, 7) is 0. The van der Waals surface area contributed by atoms with Crippen molar-refractivity contribution in [1.82, 2.24) is 9.78 Å². The number of hydrogen-bond acceptors (Lipinski definition) is 5. The number of fused-ring (bicyclic) bond motifs is 1. The first-order valence-corrected chi connectivity index (χ1v) is 6.88. The molecular formula is C13H8ClN3O2S. The molecule has 3 aromatic rings. The summed E-state index contributed by atoms with van der Waals surface area (Å²) in [5.74, 6) is 0. The first-order chi connectivity index (χ1) is 9.61. The highest BCUT2D eigenvalue weighted by molar-refractivity contribution is 7.15. The fourth-order valence-electron chi connectivity index (χ4n) is 1.94. The Labute approximate surface area is 122 Å². The largest absolute Gasteiger partial charge is 0.390 e. The minimum absolute atomic E-state index is 0.183. The van der Waals surface area contributed by atoms with Gasteiger partial charge in [-0.3, -0.25) is 9.59 Å². The van der Waals surface area contributed by atoms with Crippen molar-refractivity contribution in [3.05, 3.63) is 50.7 Å². The van der Waals surface area contributed by atoms with Crippen LogP contribution >= 0.6 is 22.9 Å². The molecule has 2 heterocycles. The molecule has 0 aliphatic carbocycles. The Morgan fingerprint density at radius 2 is 2.00 bits per heavy atom. The molecule has 0 fully saturated rings. The summed E-state index contributed by atoms with van der Waals surface area (Å²) in [5.41, 5.74) is 6.16. The van der Waals surface area contributed by atoms with Gasteiger partial charge in [-0.1, -0.05) is 11.6 Å². The van der Waals surface area contributed by atoms with Crippen molar-refractivity contribution in [3.8, 4) is 5.69 Å². The molecule has 0 radical (unpaired) electrons. The molecule has 3 rings (SSSR count). The van der Waals surface area contributed by atoms with E-state index >= 15 is 0 Å². The third-order valence-corrected chi connectivity index (χ3v) is 3.96. The zero-order chi connectivity index (χ0) is 14.3. The van der Waals surface area contributed by atoms with Crippen LogP contribution in [0.3, 0.4) is 0 Å². The van der Waals surface area contributed by atoms with E-state index in [4.69, 9.17) is 17.3 Å². The van der Waals surface area contributed by atoms with Crippen LogP contribution in [0.2, 0.25) is 5.02 Å². The Bertz CT molecular complexity index is 868. The molecule has 1 aromatic carbocycles. The number of halogens is 1. The Hall–Kier alpha value is -2.18. The van der Waals surface area contributed by atoms with E-state index in [-0.39, 0.29) is 11.3 Å². The van der Waals surface area contributed by atoms with Crippen LogP contribution in [0.1, 0.15) is 10.5 Å². The zero-order valence-electron chi connectivity index (χ0n) is 10.0. The summed E-state index contributed by atoms with van der Waals surface area (Å²) in [6.07, 6.45) is 0.611. The Morgan fingerprint density at radius 3 is 2.65 bits per heavy atom. The molecule has 100 valence electrons. The number of carbonyl (C=O) groups excluding carboxylic acids is 1. The summed E-state index contributed by atoms with van der Waals surface area (Å²) < 4.78 is 1.16. The molecule has 2 aromatic heterocycles. The highest BCUT2D eigenvalue weighted by Crippen LogP contribution is 2.26. The van der Waals surface area contributed by atoms with Gasteiger partial charge in [0.25, 0.3) is 5.56 Å². The molecule has 0 unspecified atom stereocenters. The van der Waals surface area contributed by atoms with Crippen LogP contribution in [-0.2, 0) is 0 Å². The third kappa shape index (κ3) is 1.90. The van der Waals surface area contributed by atoms with Gasteiger partial charge in [-0.25, -0.2) is 0 Å². The third-order valence-electron chi connectivity index (χ3n) is 2.89. The Balaban J connectivity index is 2.39. The number of carbonyl (C=O) groups is 1. The number of nitrogens with zero attached hydrogens (tertiary/aromatic N) is 2. The first-order valence-electron chi connectivity index (χ1n) is 5.63. The minimum Gasteiger partial charge on any atom is -0.390 e. The SMILES string of the molecule is Nc1scc2c(C=O)nn(-c3ccc(Cl)cc3)c(=O)c12. The van der Waals surface area contributed by atoms with Gasteiger partial charge in [-0.15, -0.1) is 11.3 Å². The van der Waals surface area contributed by atoms with Crippen molar-refractivity contribution in [2.45, 2.75) is 0 Å². The maximum absolute atomic E-state index is 12.4. The number of aromatic nitrogens is 2. The second-order valence-electron chi connectivity index (χ2n) is 4.09. The normalized spacial score (nSPS) is 10.8. The summed E-state index contributed by atoms with van der Waals surface area (Å²) in [6, 6.07) is 6.60. The van der Waals surface area contributed by atoms with Crippen molar-refractivity contribution in [1.29, 1.82) is 0 Å². The molecule has 0 aliphatic rings. The number of nitrogens with two attached hydrogens (primary N) is 1. The van der Waals surface area contributed by atoms with Gasteiger partial charge < -0.3 is 5.73 Å². The highest BCUT2D eigenvalue weighted by atomic mass is 35.5. The van der Waals surface area contributed by atoms with E-state index in [0.717, 1.165) is 4.68 Å². The van der Waals surface area contributed by atoms with Crippen LogP contribution in [0.5, 0.6) is 0 Å². The van der Waals surface area contributed by atoms with Crippen molar-refractivity contribution in [2.75, 3.05) is 5.73 Å². The summed E-state index contributed by atoms with van der Waals surface area (Å²) >= 11 is 7.03. The highest BCUT2D eigenvalue weighted by Gasteiger charge is 2.15. The number of rotatable bonds is 2. The average molecular weight is 306 g/mol. The fourth-order valence-corrected chi connectivity index (χ4v) is 2.86. The maximum atomic E-state index is 12.4. The molecule has 0 bridgehead atoms. The second kappa shape index (κ2) is 4.73. The van der Waals surface area contributed by atoms with Gasteiger partial charge >= 0.3 is 0 Å². The number of benzene rings is 1. The standard InChI is InChI=1S/C13H8ClN3O2S/c14-7-1-3-8(4-2-7)17-13(19)11-9(6-20-12(11)15)10(5-18)16-17/h1-6H,15H2. The lowest BCUT2D eigenvalue weighted by Gasteiger charge is -2.06. The van der Waals surface area contributed by atoms with E-state index in [1.54, 1.807) is 29.6 Å². The lowest BCUT2D eigenvalue weighted by molar-refractivity contribution is 0.111. The Morgan fingerprint density at radius 1 is 1.30 bits per heavy atom. The van der Waals surface area contributed by atoms with Gasteiger partial charge in [0.1, 0.15) is 5.69 Å². The number of anilines is 1. The van der Waals surface area contributed by atoms with Gasteiger partial charge in [0.2, 0.25) is 0 Å². The lowest BCUT2D eigenvalue weighted by atomic mass is 10.2. The van der Waals surface area contributed by atoms with E-state index in [9.17, 15) is 9.59 Å². The molecule has 7 heteroatoms. The summed E-state index contributed by atoms with van der Waals surface area (Å²) in [4.78, 5) is 23.6. The monoisotopic (exact) mass is 305 g/mol. The number of thiophene rings is 1. The molecule has 0 saturated heterocycles. The van der Waals surface area contributed by atoms with Crippen LogP contribution in [0.25, 0.3) is 16.5 Å². The van der Waals surface area contributed by atoms with E-state index in [0.29, 0.717) is 32.8 Å². The second-order valence-corrected chi connectivity index (χ2v) is 5.43. The molecule has 0 saturated carbocycles. The van der Waals surface area contributed by atoms with Crippen molar-refractivity contribution in [2.24, 2.45) is 0 Å². The predicted molar refractivity (Wildman–Crippen MR) is 80.0 cm³/mol. The van der Waals surface area contributed by atoms with E-state index in [1.165, 1.54) is 11.3 Å². The lowest BCUT2D eigenvalue weighted by Crippen LogP contribution is -2.23. The maximum Gasteiger partial charge on any atom is 0.282 e. The van der Waals surface area contributed by atoms with E-state index in [1.807, 2.05) is 0 Å². The number of nitrogen functional groups attached to an aromatic ring is 1. The molecule has 5 nitrogen and oxygen atoms in total. The Kier molecular flexibility index (Phi) is 3.04. The topological polar surface area (TPSA) is 78.0 Å². The van der Waals surface area contributed by atoms with Crippen molar-refractivity contribution < 1.29 is 4.79 Å². The summed E-state index contributed by atoms with van der Waals surface area (Å²) in [5, 5.41) is 7.47. The van der Waals surface area contributed by atoms with Crippen molar-refractivity contribution >= 4 is 45.0 Å². The first kappa shape index (κ1) is 12.8. The van der Waals surface area contributed by atoms with Gasteiger partial charge in [-0.2, -0.15) is 9.78 Å². The van der Waals surface area contributed by atoms with Crippen molar-refractivity contribution in [3.63, 3.8) is 0 Å². The molecule has 2 N–H and O–H groups in total. The minimum atomic E-state index is -0.355. The molecule has 20 heavy (non-hydrogen) atoms. The molecule has 0 atom stereocenters. The zero-order valence-corrected chi connectivity index (χ0v) is 11.6. The van der Waals surface area contributed by atoms with Crippen LogP contribution < -0.4 is 11.3 Å². The number of hydrogen-bond donors (Lipinski definition) is 1. The van der Waals surface area contributed by atoms with Gasteiger partial charge in [0.15, 0.2) is 6.29 Å². The van der Waals surface area contributed by atoms with E-state index in [2.05, 4.69) is 5.10 Å². The van der Waals surface area contributed by atoms with E-state index < -0.39 is 0 Å².